The minimum atomic E-state index is -1.75. The first-order valence-electron chi connectivity index (χ1n) is 5.35. The number of nitrogens with zero attached hydrogens (tertiary/aromatic N) is 1. The van der Waals surface area contributed by atoms with Gasteiger partial charge in [0.1, 0.15) is 5.83 Å². The van der Waals surface area contributed by atoms with Gasteiger partial charge < -0.3 is 7.43 Å². The van der Waals surface area contributed by atoms with Gasteiger partial charge in [-0.25, -0.2) is 13.2 Å². The van der Waals surface area contributed by atoms with Crippen molar-refractivity contribution < 1.29 is 82.1 Å². The van der Waals surface area contributed by atoms with Gasteiger partial charge in [0.25, 0.3) is 0 Å². The summed E-state index contributed by atoms with van der Waals surface area (Å²) in [5.41, 5.74) is 0.569. The molecule has 0 bridgehead atoms. The maximum atomic E-state index is 13.0. The number of alkyl halides is 2. The molecule has 0 aliphatic carbocycles. The molecular weight excluding hydrogens is 418 g/mol. The molecule has 0 unspecified atom stereocenters. The quantitative estimate of drug-likeness (QED) is 0.307. The van der Waals surface area contributed by atoms with Gasteiger partial charge >= 0.3 is 68.9 Å². The smallest absolute Gasteiger partial charge is 0.358 e. The average molecular weight is 440 g/mol. The van der Waals surface area contributed by atoms with Crippen molar-refractivity contribution in [3.8, 4) is 6.07 Å². The fourth-order valence-corrected chi connectivity index (χ4v) is 1.46. The maximum Gasteiger partial charge on any atom is 1.00 e. The van der Waals surface area contributed by atoms with Crippen LogP contribution in [0.25, 0.3) is 0 Å². The van der Waals surface area contributed by atoms with E-state index in [1.165, 1.54) is 18.0 Å². The van der Waals surface area contributed by atoms with Crippen LogP contribution in [-0.2, 0) is 0 Å². The maximum absolute atomic E-state index is 13.0. The van der Waals surface area contributed by atoms with Crippen molar-refractivity contribution in [1.82, 2.24) is 4.72 Å². The van der Waals surface area contributed by atoms with E-state index in [9.17, 15) is 13.2 Å². The fourth-order valence-electron chi connectivity index (χ4n) is 0.798. The summed E-state index contributed by atoms with van der Waals surface area (Å²) in [5, 5.41) is 8.55. The summed E-state index contributed by atoms with van der Waals surface area (Å²) in [4.78, 5) is 0. The molecule has 0 spiro atoms. The molecule has 0 amide bonds. The summed E-state index contributed by atoms with van der Waals surface area (Å²) in [7, 11) is 0. The Morgan fingerprint density at radius 3 is 2.05 bits per heavy atom. The number of nitriles is 1. The summed E-state index contributed by atoms with van der Waals surface area (Å²) in [6.07, 6.45) is 1.40. The Morgan fingerprint density at radius 2 is 1.76 bits per heavy atom. The van der Waals surface area contributed by atoms with E-state index in [0.717, 1.165) is 0 Å². The molecule has 21 heavy (non-hydrogen) atoms. The van der Waals surface area contributed by atoms with E-state index in [1.807, 2.05) is 26.8 Å². The third kappa shape index (κ3) is 23.3. The van der Waals surface area contributed by atoms with Crippen LogP contribution in [0.2, 0.25) is 0 Å². The molecule has 0 saturated carbocycles. The third-order valence-electron chi connectivity index (χ3n) is 1.48. The van der Waals surface area contributed by atoms with Crippen LogP contribution in [0.1, 0.15) is 20.8 Å². The predicted octanol–water partition coefficient (Wildman–Crippen LogP) is 1.85. The molecule has 0 atom stereocenters. The van der Waals surface area contributed by atoms with Crippen LogP contribution in [0.3, 0.4) is 0 Å². The van der Waals surface area contributed by atoms with Crippen molar-refractivity contribution in [2.24, 2.45) is 0 Å². The van der Waals surface area contributed by atoms with Gasteiger partial charge in [0.15, 0.2) is 0 Å². The molecule has 0 aromatic carbocycles. The van der Waals surface area contributed by atoms with Crippen molar-refractivity contribution in [1.29, 1.82) is 5.26 Å². The molecule has 0 heterocycles. The first-order chi connectivity index (χ1) is 8.67. The second-order valence-electron chi connectivity index (χ2n) is 4.35. The van der Waals surface area contributed by atoms with Gasteiger partial charge in [-0.05, 0) is 26.8 Å². The zero-order valence-corrected chi connectivity index (χ0v) is 20.5. The van der Waals surface area contributed by atoms with Gasteiger partial charge in [-0.15, -0.1) is 0 Å². The molecule has 0 fully saturated rings. The van der Waals surface area contributed by atoms with Crippen molar-refractivity contribution in [2.75, 3.05) is 13.5 Å². The van der Waals surface area contributed by atoms with Crippen LogP contribution in [0.15, 0.2) is 36.2 Å². The van der Waals surface area contributed by atoms with E-state index in [-0.39, 0.29) is 86.6 Å². The first kappa shape index (κ1) is 29.8. The number of halogens is 3. The standard InChI is InChI=1S/C12H17FN2S.CH2F2.CH3.Cs/c1-9(7-14)6-11(10(2)13)8-15-16-12(3,4)5;2-1-3;;/h6,15H,1-2,8H2,3-5H3;1H2;1H3;/q;;-1;+1/b11-6-;;;. The molecular formula is C14H22CsF3N2S. The van der Waals surface area contributed by atoms with Crippen LogP contribution in [0, 0.1) is 18.8 Å². The van der Waals surface area contributed by atoms with E-state index in [1.54, 1.807) is 0 Å². The average Bonchev–Trinajstić information content (AvgIpc) is 2.26. The fraction of sp³-hybridized carbons (Fsp3) is 0.429. The van der Waals surface area contributed by atoms with Crippen LogP contribution >= 0.6 is 11.9 Å². The number of nitrogens with one attached hydrogen (secondary N) is 1. The van der Waals surface area contributed by atoms with Crippen LogP contribution in [0.4, 0.5) is 13.2 Å². The van der Waals surface area contributed by atoms with Gasteiger partial charge in [-0.1, -0.05) is 25.1 Å². The zero-order chi connectivity index (χ0) is 15.5. The molecule has 116 valence electrons. The van der Waals surface area contributed by atoms with Gasteiger partial charge in [0.2, 0.25) is 6.93 Å². The molecule has 0 radical (unpaired) electrons. The minimum Gasteiger partial charge on any atom is -0.358 e. The second-order valence-corrected chi connectivity index (χ2v) is 6.07. The van der Waals surface area contributed by atoms with E-state index in [0.29, 0.717) is 12.1 Å². The Hall–Kier alpha value is 0.862. The minimum absolute atomic E-state index is 0. The van der Waals surface area contributed by atoms with E-state index in [4.69, 9.17) is 5.26 Å². The number of allylic oxidation sites excluding steroid dienone is 2. The third-order valence-corrected chi connectivity index (χ3v) is 2.38. The molecule has 7 heteroatoms. The zero-order valence-electron chi connectivity index (χ0n) is 13.4. The molecule has 0 aliphatic rings. The van der Waals surface area contributed by atoms with Crippen molar-refractivity contribution >= 4 is 11.9 Å². The normalized spacial score (nSPS) is 10.0. The SMILES string of the molecule is C=C(C#N)/C=C(/CNSC(C)(C)C)C(=C)F.FCF.[CH3-].[Cs+]. The van der Waals surface area contributed by atoms with Gasteiger partial charge in [-0.3, -0.25) is 4.72 Å². The summed E-state index contributed by atoms with van der Waals surface area (Å²) in [5.74, 6) is -0.543. The molecule has 2 nitrogen and oxygen atoms in total. The Morgan fingerprint density at radius 1 is 1.33 bits per heavy atom. The molecule has 0 aliphatic heterocycles. The van der Waals surface area contributed by atoms with Crippen molar-refractivity contribution in [2.45, 2.75) is 25.5 Å². The van der Waals surface area contributed by atoms with E-state index in [2.05, 4.69) is 17.9 Å². The van der Waals surface area contributed by atoms with Crippen molar-refractivity contribution in [3.05, 3.63) is 43.6 Å². The number of hydrogen-bond acceptors (Lipinski definition) is 3. The van der Waals surface area contributed by atoms with E-state index >= 15 is 0 Å². The Balaban J connectivity index is -0.000000264. The Labute approximate surface area is 189 Å². The Bertz CT molecular complexity index is 371. The number of rotatable bonds is 5. The summed E-state index contributed by atoms with van der Waals surface area (Å²) in [6, 6.07) is 1.84. The van der Waals surface area contributed by atoms with Crippen LogP contribution in [-0.4, -0.2) is 18.2 Å². The molecule has 1 N–H and O–H groups in total. The van der Waals surface area contributed by atoms with Gasteiger partial charge in [0.05, 0.1) is 6.07 Å². The molecule has 0 saturated heterocycles. The molecule has 0 aromatic heterocycles. The number of hydrogen-bond donors (Lipinski definition) is 1. The summed E-state index contributed by atoms with van der Waals surface area (Å²) >= 11 is 1.50. The summed E-state index contributed by atoms with van der Waals surface area (Å²) in [6.45, 7) is 11.4. The molecule has 0 rings (SSSR count). The monoisotopic (exact) mass is 440 g/mol. The van der Waals surface area contributed by atoms with Gasteiger partial charge in [0, 0.05) is 22.4 Å². The van der Waals surface area contributed by atoms with Crippen LogP contribution in [0.5, 0.6) is 0 Å². The topological polar surface area (TPSA) is 35.8 Å². The second kappa shape index (κ2) is 17.2. The Kier molecular flexibility index (Phi) is 24.5. The van der Waals surface area contributed by atoms with Crippen molar-refractivity contribution in [3.63, 3.8) is 0 Å². The largest absolute Gasteiger partial charge is 1.00 e. The van der Waals surface area contributed by atoms with Gasteiger partial charge in [-0.2, -0.15) is 5.26 Å². The first-order valence-corrected chi connectivity index (χ1v) is 6.16. The van der Waals surface area contributed by atoms with E-state index < -0.39 is 12.8 Å². The predicted molar refractivity (Wildman–Crippen MR) is 81.9 cm³/mol. The summed E-state index contributed by atoms with van der Waals surface area (Å²) < 4.78 is 35.4. The molecule has 0 aromatic rings. The van der Waals surface area contributed by atoms with Crippen LogP contribution < -0.4 is 73.6 Å².